The SMILES string of the molecule is O=C1C(=O)N(CN2CCc3ccccc3C2)c2ccc(F)cc21. The standard InChI is InChI=1S/C18H15FN2O2/c19-14-5-6-16-15(9-14)17(22)18(23)21(16)11-20-8-7-12-3-1-2-4-13(12)10-20/h1-6,9H,7-8,10-11H2. The zero-order chi connectivity index (χ0) is 16.0. The molecule has 116 valence electrons. The Morgan fingerprint density at radius 3 is 2.65 bits per heavy atom. The quantitative estimate of drug-likeness (QED) is 0.800. The molecule has 0 unspecified atom stereocenters. The highest BCUT2D eigenvalue weighted by Crippen LogP contribution is 2.30. The third-order valence-corrected chi connectivity index (χ3v) is 4.48. The first-order valence-electron chi connectivity index (χ1n) is 7.58. The molecule has 0 radical (unpaired) electrons. The van der Waals surface area contributed by atoms with E-state index in [2.05, 4.69) is 17.0 Å². The normalized spacial score (nSPS) is 17.3. The molecule has 5 heteroatoms. The van der Waals surface area contributed by atoms with Crippen LogP contribution in [0, 0.1) is 5.82 Å². The highest BCUT2D eigenvalue weighted by atomic mass is 19.1. The van der Waals surface area contributed by atoms with Crippen LogP contribution in [0.3, 0.4) is 0 Å². The van der Waals surface area contributed by atoms with Crippen LogP contribution in [0.25, 0.3) is 0 Å². The largest absolute Gasteiger partial charge is 0.300 e. The lowest BCUT2D eigenvalue weighted by Crippen LogP contribution is -2.43. The number of carbonyl (C=O) groups excluding carboxylic acids is 2. The molecule has 2 aromatic rings. The minimum atomic E-state index is -0.628. The molecule has 2 aliphatic heterocycles. The second-order valence-electron chi connectivity index (χ2n) is 5.94. The van der Waals surface area contributed by atoms with Gasteiger partial charge >= 0.3 is 5.91 Å². The van der Waals surface area contributed by atoms with Crippen molar-refractivity contribution >= 4 is 17.4 Å². The average Bonchev–Trinajstić information content (AvgIpc) is 2.79. The number of ketones is 1. The number of benzene rings is 2. The van der Waals surface area contributed by atoms with Gasteiger partial charge in [0.25, 0.3) is 5.78 Å². The molecule has 0 N–H and O–H groups in total. The molecular formula is C18H15FN2O2. The molecule has 0 saturated carbocycles. The lowest BCUT2D eigenvalue weighted by Gasteiger charge is -2.32. The Morgan fingerprint density at radius 1 is 1.04 bits per heavy atom. The first kappa shape index (κ1) is 14.1. The second-order valence-corrected chi connectivity index (χ2v) is 5.94. The lowest BCUT2D eigenvalue weighted by atomic mass is 10.0. The van der Waals surface area contributed by atoms with Crippen molar-refractivity contribution in [3.8, 4) is 0 Å². The Hall–Kier alpha value is -2.53. The second kappa shape index (κ2) is 5.28. The number of hydrogen-bond acceptors (Lipinski definition) is 3. The van der Waals surface area contributed by atoms with Gasteiger partial charge in [0, 0.05) is 13.1 Å². The van der Waals surface area contributed by atoms with Gasteiger partial charge < -0.3 is 0 Å². The fourth-order valence-corrected chi connectivity index (χ4v) is 3.29. The van der Waals surface area contributed by atoms with Gasteiger partial charge in [0.2, 0.25) is 0 Å². The topological polar surface area (TPSA) is 40.6 Å². The van der Waals surface area contributed by atoms with Gasteiger partial charge in [-0.15, -0.1) is 0 Å². The van der Waals surface area contributed by atoms with Crippen LogP contribution in [0.15, 0.2) is 42.5 Å². The van der Waals surface area contributed by atoms with Crippen LogP contribution in [0.4, 0.5) is 10.1 Å². The van der Waals surface area contributed by atoms with Gasteiger partial charge in [-0.25, -0.2) is 4.39 Å². The van der Waals surface area contributed by atoms with E-state index in [1.807, 2.05) is 12.1 Å². The summed E-state index contributed by atoms with van der Waals surface area (Å²) in [5.74, 6) is -1.71. The molecule has 0 aromatic heterocycles. The molecule has 0 bridgehead atoms. The number of carbonyl (C=O) groups is 2. The average molecular weight is 310 g/mol. The Morgan fingerprint density at radius 2 is 1.83 bits per heavy atom. The molecule has 4 rings (SSSR count). The Balaban J connectivity index is 1.59. The van der Waals surface area contributed by atoms with Crippen molar-refractivity contribution in [3.05, 3.63) is 65.0 Å². The predicted octanol–water partition coefficient (Wildman–Crippen LogP) is 2.37. The van der Waals surface area contributed by atoms with Gasteiger partial charge in [-0.2, -0.15) is 0 Å². The Bertz CT molecular complexity index is 818. The minimum Gasteiger partial charge on any atom is -0.291 e. The van der Waals surface area contributed by atoms with Crippen molar-refractivity contribution in [2.45, 2.75) is 13.0 Å². The first-order chi connectivity index (χ1) is 11.1. The molecular weight excluding hydrogens is 295 g/mol. The number of hydrogen-bond donors (Lipinski definition) is 0. The monoisotopic (exact) mass is 310 g/mol. The number of anilines is 1. The molecule has 4 nitrogen and oxygen atoms in total. The summed E-state index contributed by atoms with van der Waals surface area (Å²) in [5, 5.41) is 0. The number of fused-ring (bicyclic) bond motifs is 2. The molecule has 23 heavy (non-hydrogen) atoms. The molecule has 0 spiro atoms. The smallest absolute Gasteiger partial charge is 0.291 e. The van der Waals surface area contributed by atoms with Crippen LogP contribution in [0.5, 0.6) is 0 Å². The zero-order valence-corrected chi connectivity index (χ0v) is 12.5. The van der Waals surface area contributed by atoms with E-state index >= 15 is 0 Å². The van der Waals surface area contributed by atoms with Gasteiger partial charge in [-0.1, -0.05) is 24.3 Å². The van der Waals surface area contributed by atoms with E-state index in [0.717, 1.165) is 25.6 Å². The number of rotatable bonds is 2. The number of Topliss-reactive ketones (excluding diaryl/α,β-unsaturated/α-hetero) is 1. The summed E-state index contributed by atoms with van der Waals surface area (Å²) in [6, 6.07) is 12.2. The highest BCUT2D eigenvalue weighted by Gasteiger charge is 2.37. The van der Waals surface area contributed by atoms with Crippen LogP contribution >= 0.6 is 0 Å². The third-order valence-electron chi connectivity index (χ3n) is 4.48. The maximum absolute atomic E-state index is 13.3. The molecule has 0 aliphatic carbocycles. The van der Waals surface area contributed by atoms with Crippen LogP contribution in [-0.2, 0) is 17.8 Å². The maximum Gasteiger partial charge on any atom is 0.300 e. The minimum absolute atomic E-state index is 0.160. The van der Waals surface area contributed by atoms with Crippen molar-refractivity contribution in [1.82, 2.24) is 4.90 Å². The van der Waals surface area contributed by atoms with Gasteiger partial charge in [0.15, 0.2) is 0 Å². The number of nitrogens with zero attached hydrogens (tertiary/aromatic N) is 2. The van der Waals surface area contributed by atoms with E-state index in [1.165, 1.54) is 28.2 Å². The fraction of sp³-hybridized carbons (Fsp3) is 0.222. The summed E-state index contributed by atoms with van der Waals surface area (Å²) in [5.41, 5.74) is 3.23. The first-order valence-corrected chi connectivity index (χ1v) is 7.58. The molecule has 2 aliphatic rings. The van der Waals surface area contributed by atoms with Crippen molar-refractivity contribution < 1.29 is 14.0 Å². The summed E-state index contributed by atoms with van der Waals surface area (Å²) in [6.07, 6.45) is 0.919. The summed E-state index contributed by atoms with van der Waals surface area (Å²) in [4.78, 5) is 27.8. The molecule has 0 atom stereocenters. The molecule has 2 heterocycles. The summed E-state index contributed by atoms with van der Waals surface area (Å²) in [7, 11) is 0. The summed E-state index contributed by atoms with van der Waals surface area (Å²) >= 11 is 0. The maximum atomic E-state index is 13.3. The molecule has 0 saturated heterocycles. The molecule has 0 fully saturated rings. The van der Waals surface area contributed by atoms with Gasteiger partial charge in [0.05, 0.1) is 17.9 Å². The van der Waals surface area contributed by atoms with Crippen molar-refractivity contribution in [3.63, 3.8) is 0 Å². The van der Waals surface area contributed by atoms with E-state index in [0.29, 0.717) is 12.4 Å². The van der Waals surface area contributed by atoms with Crippen LogP contribution < -0.4 is 4.90 Å². The van der Waals surface area contributed by atoms with Crippen LogP contribution in [0.2, 0.25) is 0 Å². The number of halogens is 1. The van der Waals surface area contributed by atoms with E-state index in [9.17, 15) is 14.0 Å². The van der Waals surface area contributed by atoms with Crippen molar-refractivity contribution in [2.75, 3.05) is 18.1 Å². The number of amides is 1. The van der Waals surface area contributed by atoms with E-state index in [1.54, 1.807) is 0 Å². The van der Waals surface area contributed by atoms with Gasteiger partial charge in [0.1, 0.15) is 5.82 Å². The predicted molar refractivity (Wildman–Crippen MR) is 83.6 cm³/mol. The van der Waals surface area contributed by atoms with Crippen molar-refractivity contribution in [1.29, 1.82) is 0 Å². The Kier molecular flexibility index (Phi) is 3.23. The third kappa shape index (κ3) is 2.33. The van der Waals surface area contributed by atoms with Crippen LogP contribution in [-0.4, -0.2) is 29.8 Å². The summed E-state index contributed by atoms with van der Waals surface area (Å²) < 4.78 is 13.3. The fourth-order valence-electron chi connectivity index (χ4n) is 3.29. The van der Waals surface area contributed by atoms with Gasteiger partial charge in [-0.05, 0) is 35.7 Å². The van der Waals surface area contributed by atoms with E-state index < -0.39 is 17.5 Å². The van der Waals surface area contributed by atoms with E-state index in [-0.39, 0.29) is 5.56 Å². The molecule has 2 aromatic carbocycles. The Labute approximate surface area is 133 Å². The lowest BCUT2D eigenvalue weighted by molar-refractivity contribution is -0.114. The summed E-state index contributed by atoms with van der Waals surface area (Å²) in [6.45, 7) is 1.91. The van der Waals surface area contributed by atoms with Crippen LogP contribution in [0.1, 0.15) is 21.5 Å². The molecule has 1 amide bonds. The van der Waals surface area contributed by atoms with Crippen molar-refractivity contribution in [2.24, 2.45) is 0 Å². The van der Waals surface area contributed by atoms with E-state index in [4.69, 9.17) is 0 Å². The highest BCUT2D eigenvalue weighted by molar-refractivity contribution is 6.52. The zero-order valence-electron chi connectivity index (χ0n) is 12.5. The van der Waals surface area contributed by atoms with Gasteiger partial charge in [-0.3, -0.25) is 19.4 Å².